The maximum absolute atomic E-state index is 12.5. The average molecular weight is 383 g/mol. The zero-order valence-corrected chi connectivity index (χ0v) is 15.8. The van der Waals surface area contributed by atoms with Crippen LogP contribution in [-0.4, -0.2) is 41.3 Å². The summed E-state index contributed by atoms with van der Waals surface area (Å²) in [5.74, 6) is 1.07. The summed E-state index contributed by atoms with van der Waals surface area (Å²) in [5.41, 5.74) is 2.02. The van der Waals surface area contributed by atoms with E-state index in [2.05, 4.69) is 25.8 Å². The number of carbonyl (C=O) groups is 1. The molecule has 0 atom stereocenters. The van der Waals surface area contributed by atoms with Crippen molar-refractivity contribution in [3.63, 3.8) is 0 Å². The molecule has 1 aliphatic heterocycles. The Morgan fingerprint density at radius 2 is 2.04 bits per heavy atom. The standard InChI is InChI=1S/C19H21N5O2S/c1-26-14-4-2-12(3-5-14)15-10-16(24-23-15)18(25)22-19-21-11-17(27-19)13-6-8-20-9-7-13/h2-5,10-11,13,20H,6-9H2,1H3,(H,23,24)(H,21,22,25). The third kappa shape index (κ3) is 4.01. The van der Waals surface area contributed by atoms with Crippen molar-refractivity contribution in [1.82, 2.24) is 20.5 Å². The Bertz CT molecular complexity index is 912. The Kier molecular flexibility index (Phi) is 5.17. The first-order valence-corrected chi connectivity index (χ1v) is 9.72. The monoisotopic (exact) mass is 383 g/mol. The lowest BCUT2D eigenvalue weighted by atomic mass is 9.97. The normalized spacial score (nSPS) is 14.9. The van der Waals surface area contributed by atoms with Gasteiger partial charge in [-0.05, 0) is 62.2 Å². The Labute approximate surface area is 161 Å². The Hall–Kier alpha value is -2.71. The molecule has 1 aromatic carbocycles. The van der Waals surface area contributed by atoms with Gasteiger partial charge in [-0.15, -0.1) is 11.3 Å². The quantitative estimate of drug-likeness (QED) is 0.629. The molecule has 1 fully saturated rings. The van der Waals surface area contributed by atoms with Gasteiger partial charge in [-0.2, -0.15) is 5.10 Å². The van der Waals surface area contributed by atoms with Crippen molar-refractivity contribution >= 4 is 22.4 Å². The third-order valence-electron chi connectivity index (χ3n) is 4.69. The number of hydrogen-bond acceptors (Lipinski definition) is 6. The molecular formula is C19H21N5O2S. The number of hydrogen-bond donors (Lipinski definition) is 3. The number of amides is 1. The van der Waals surface area contributed by atoms with Crippen LogP contribution in [0.5, 0.6) is 5.75 Å². The molecule has 27 heavy (non-hydrogen) atoms. The highest BCUT2D eigenvalue weighted by atomic mass is 32.1. The van der Waals surface area contributed by atoms with E-state index in [0.717, 1.165) is 37.2 Å². The number of aromatic nitrogens is 3. The van der Waals surface area contributed by atoms with Gasteiger partial charge in [0.25, 0.3) is 5.91 Å². The molecule has 3 N–H and O–H groups in total. The van der Waals surface area contributed by atoms with Crippen LogP contribution in [0.3, 0.4) is 0 Å². The van der Waals surface area contributed by atoms with Crippen molar-refractivity contribution in [2.24, 2.45) is 0 Å². The van der Waals surface area contributed by atoms with Crippen LogP contribution in [0, 0.1) is 0 Å². The van der Waals surface area contributed by atoms with Crippen LogP contribution in [0.4, 0.5) is 5.13 Å². The minimum absolute atomic E-state index is 0.242. The summed E-state index contributed by atoms with van der Waals surface area (Å²) in [6.07, 6.45) is 4.11. The number of thiazole rings is 1. The Morgan fingerprint density at radius 1 is 1.26 bits per heavy atom. The van der Waals surface area contributed by atoms with Crippen LogP contribution >= 0.6 is 11.3 Å². The van der Waals surface area contributed by atoms with Crippen LogP contribution in [-0.2, 0) is 0 Å². The molecular weight excluding hydrogens is 362 g/mol. The molecule has 4 rings (SSSR count). The highest BCUT2D eigenvalue weighted by molar-refractivity contribution is 7.15. The minimum atomic E-state index is -0.242. The fourth-order valence-corrected chi connectivity index (χ4v) is 4.13. The molecule has 1 saturated heterocycles. The first-order valence-electron chi connectivity index (χ1n) is 8.90. The largest absolute Gasteiger partial charge is 0.497 e. The van der Waals surface area contributed by atoms with Gasteiger partial charge in [0.05, 0.1) is 12.8 Å². The van der Waals surface area contributed by atoms with Crippen molar-refractivity contribution in [2.45, 2.75) is 18.8 Å². The number of piperidine rings is 1. The molecule has 8 heteroatoms. The smallest absolute Gasteiger partial charge is 0.275 e. The van der Waals surface area contributed by atoms with Gasteiger partial charge < -0.3 is 10.1 Å². The van der Waals surface area contributed by atoms with Crippen molar-refractivity contribution in [3.05, 3.63) is 47.1 Å². The topological polar surface area (TPSA) is 91.9 Å². The predicted molar refractivity (Wildman–Crippen MR) is 105 cm³/mol. The summed E-state index contributed by atoms with van der Waals surface area (Å²) < 4.78 is 5.16. The number of methoxy groups -OCH3 is 1. The van der Waals surface area contributed by atoms with Gasteiger partial charge in [-0.1, -0.05) is 0 Å². The number of benzene rings is 1. The zero-order chi connectivity index (χ0) is 18.6. The van der Waals surface area contributed by atoms with Crippen LogP contribution in [0.2, 0.25) is 0 Å². The van der Waals surface area contributed by atoms with Gasteiger partial charge in [0.15, 0.2) is 5.13 Å². The number of nitrogens with one attached hydrogen (secondary N) is 3. The van der Waals surface area contributed by atoms with E-state index in [1.165, 1.54) is 4.88 Å². The van der Waals surface area contributed by atoms with E-state index in [1.807, 2.05) is 30.5 Å². The van der Waals surface area contributed by atoms with E-state index in [9.17, 15) is 4.79 Å². The molecule has 2 aromatic heterocycles. The molecule has 7 nitrogen and oxygen atoms in total. The van der Waals surface area contributed by atoms with Gasteiger partial charge in [-0.3, -0.25) is 15.2 Å². The van der Waals surface area contributed by atoms with Crippen molar-refractivity contribution in [2.75, 3.05) is 25.5 Å². The number of rotatable bonds is 5. The van der Waals surface area contributed by atoms with Gasteiger partial charge >= 0.3 is 0 Å². The van der Waals surface area contributed by atoms with Crippen molar-refractivity contribution < 1.29 is 9.53 Å². The summed E-state index contributed by atoms with van der Waals surface area (Å²) in [4.78, 5) is 18.1. The Balaban J connectivity index is 1.42. The first kappa shape index (κ1) is 17.7. The van der Waals surface area contributed by atoms with E-state index >= 15 is 0 Å². The molecule has 0 unspecified atom stereocenters. The van der Waals surface area contributed by atoms with E-state index in [-0.39, 0.29) is 5.91 Å². The molecule has 3 aromatic rings. The van der Waals surface area contributed by atoms with E-state index in [1.54, 1.807) is 24.5 Å². The Morgan fingerprint density at radius 3 is 2.78 bits per heavy atom. The van der Waals surface area contributed by atoms with Crippen LogP contribution in [0.1, 0.15) is 34.1 Å². The fraction of sp³-hybridized carbons (Fsp3) is 0.316. The van der Waals surface area contributed by atoms with E-state index < -0.39 is 0 Å². The van der Waals surface area contributed by atoms with Crippen molar-refractivity contribution in [3.8, 4) is 17.0 Å². The average Bonchev–Trinajstić information content (AvgIpc) is 3.39. The number of nitrogens with zero attached hydrogens (tertiary/aromatic N) is 2. The molecule has 1 aliphatic rings. The lowest BCUT2D eigenvalue weighted by molar-refractivity contribution is 0.102. The second-order valence-electron chi connectivity index (χ2n) is 6.44. The highest BCUT2D eigenvalue weighted by Crippen LogP contribution is 2.31. The molecule has 3 heterocycles. The zero-order valence-electron chi connectivity index (χ0n) is 15.0. The summed E-state index contributed by atoms with van der Waals surface area (Å²) in [6, 6.07) is 9.27. The summed E-state index contributed by atoms with van der Waals surface area (Å²) in [5, 5.41) is 13.9. The molecule has 0 radical (unpaired) electrons. The number of H-pyrrole nitrogens is 1. The minimum Gasteiger partial charge on any atom is -0.497 e. The number of carbonyl (C=O) groups excluding carboxylic acids is 1. The molecule has 0 spiro atoms. The molecule has 0 saturated carbocycles. The molecule has 140 valence electrons. The highest BCUT2D eigenvalue weighted by Gasteiger charge is 2.19. The van der Waals surface area contributed by atoms with Crippen LogP contribution < -0.4 is 15.4 Å². The molecule has 0 bridgehead atoms. The number of aromatic amines is 1. The summed E-state index contributed by atoms with van der Waals surface area (Å²) in [7, 11) is 1.63. The number of ether oxygens (including phenoxy) is 1. The summed E-state index contributed by atoms with van der Waals surface area (Å²) in [6.45, 7) is 2.07. The first-order chi connectivity index (χ1) is 13.2. The van der Waals surface area contributed by atoms with Crippen molar-refractivity contribution in [1.29, 1.82) is 0 Å². The third-order valence-corrected chi connectivity index (χ3v) is 5.77. The fourth-order valence-electron chi connectivity index (χ4n) is 3.15. The lowest BCUT2D eigenvalue weighted by Gasteiger charge is -2.20. The van der Waals surface area contributed by atoms with Crippen LogP contribution in [0.25, 0.3) is 11.3 Å². The van der Waals surface area contributed by atoms with E-state index in [0.29, 0.717) is 22.4 Å². The van der Waals surface area contributed by atoms with Gasteiger partial charge in [0.1, 0.15) is 11.4 Å². The van der Waals surface area contributed by atoms with Crippen LogP contribution in [0.15, 0.2) is 36.5 Å². The SMILES string of the molecule is COc1ccc(-c2cc(C(=O)Nc3ncc(C4CCNCC4)s3)[nH]n2)cc1. The van der Waals surface area contributed by atoms with Gasteiger partial charge in [-0.25, -0.2) is 4.98 Å². The van der Waals surface area contributed by atoms with Gasteiger partial charge in [0, 0.05) is 16.6 Å². The van der Waals surface area contributed by atoms with E-state index in [4.69, 9.17) is 4.74 Å². The maximum atomic E-state index is 12.5. The lowest BCUT2D eigenvalue weighted by Crippen LogP contribution is -2.26. The predicted octanol–water partition coefficient (Wildman–Crippen LogP) is 3.26. The molecule has 1 amide bonds. The van der Waals surface area contributed by atoms with Gasteiger partial charge in [0.2, 0.25) is 0 Å². The number of anilines is 1. The second kappa shape index (κ2) is 7.89. The second-order valence-corrected chi connectivity index (χ2v) is 7.50. The summed E-state index contributed by atoms with van der Waals surface area (Å²) >= 11 is 1.55. The maximum Gasteiger partial charge on any atom is 0.275 e. The molecule has 0 aliphatic carbocycles.